The lowest BCUT2D eigenvalue weighted by atomic mass is 9.99. The van der Waals surface area contributed by atoms with Gasteiger partial charge in [-0.2, -0.15) is 0 Å². The molecule has 0 aliphatic rings. The molecular weight excluding hydrogens is 386 g/mol. The molecule has 170 valence electrons. The third-order valence-corrected chi connectivity index (χ3v) is 5.42. The summed E-state index contributed by atoms with van der Waals surface area (Å²) in [6.07, 6.45) is 2.33. The van der Waals surface area contributed by atoms with Crippen LogP contribution in [0.5, 0.6) is 5.75 Å². The molecular formula is C26H39N3O2. The van der Waals surface area contributed by atoms with Crippen LogP contribution in [0.2, 0.25) is 0 Å². The number of amides is 1. The van der Waals surface area contributed by atoms with Crippen molar-refractivity contribution in [2.45, 2.75) is 58.5 Å². The van der Waals surface area contributed by atoms with Gasteiger partial charge in [-0.25, -0.2) is 0 Å². The summed E-state index contributed by atoms with van der Waals surface area (Å²) in [4.78, 5) is 12.9. The monoisotopic (exact) mass is 425 g/mol. The summed E-state index contributed by atoms with van der Waals surface area (Å²) in [6, 6.07) is 17.8. The molecule has 2 aromatic rings. The van der Waals surface area contributed by atoms with Crippen molar-refractivity contribution in [2.75, 3.05) is 19.7 Å². The van der Waals surface area contributed by atoms with E-state index < -0.39 is 0 Å². The van der Waals surface area contributed by atoms with Gasteiger partial charge in [-0.15, -0.1) is 0 Å². The molecule has 0 saturated heterocycles. The first kappa shape index (κ1) is 24.9. The van der Waals surface area contributed by atoms with Gasteiger partial charge in [0.1, 0.15) is 5.75 Å². The maximum absolute atomic E-state index is 12.9. The molecule has 0 aliphatic heterocycles. The van der Waals surface area contributed by atoms with Crippen molar-refractivity contribution in [1.82, 2.24) is 10.6 Å². The van der Waals surface area contributed by atoms with Crippen LogP contribution >= 0.6 is 0 Å². The molecule has 1 amide bonds. The first-order valence-electron chi connectivity index (χ1n) is 11.4. The number of nitrogens with one attached hydrogen (secondary N) is 2. The summed E-state index contributed by atoms with van der Waals surface area (Å²) in [5.74, 6) is 1.18. The zero-order valence-electron chi connectivity index (χ0n) is 19.4. The number of rotatable bonds is 13. The molecule has 0 spiro atoms. The molecule has 4 atom stereocenters. The summed E-state index contributed by atoms with van der Waals surface area (Å²) in [6.45, 7) is 10.3. The van der Waals surface area contributed by atoms with Crippen LogP contribution in [0.25, 0.3) is 0 Å². The van der Waals surface area contributed by atoms with E-state index >= 15 is 0 Å². The Morgan fingerprint density at radius 1 is 0.968 bits per heavy atom. The van der Waals surface area contributed by atoms with Crippen LogP contribution in [-0.4, -0.2) is 31.6 Å². The van der Waals surface area contributed by atoms with Crippen LogP contribution < -0.4 is 21.1 Å². The lowest BCUT2D eigenvalue weighted by Crippen LogP contribution is -2.40. The number of benzene rings is 2. The molecule has 0 aliphatic carbocycles. The fourth-order valence-electron chi connectivity index (χ4n) is 3.51. The van der Waals surface area contributed by atoms with Crippen molar-refractivity contribution in [3.05, 3.63) is 65.7 Å². The van der Waals surface area contributed by atoms with Gasteiger partial charge in [-0.1, -0.05) is 62.7 Å². The van der Waals surface area contributed by atoms with E-state index in [2.05, 4.69) is 24.5 Å². The topological polar surface area (TPSA) is 76.4 Å². The number of carbonyl (C=O) groups excluding carboxylic acids is 1. The standard InChI is InChI=1S/C26H39N3O2/c1-5-9-19(2)18-31-24-14-12-23(13-15-24)25(17-28-16-20(3)27)29-26(30)21(4)22-10-7-6-8-11-22/h6-8,10-15,19-21,25,28H,5,9,16-18,27H2,1-4H3,(H,29,30)/t19?,20-,21-,25-/m0/s1. The smallest absolute Gasteiger partial charge is 0.227 e. The van der Waals surface area contributed by atoms with Crippen molar-refractivity contribution in [2.24, 2.45) is 11.7 Å². The maximum Gasteiger partial charge on any atom is 0.227 e. The third kappa shape index (κ3) is 8.72. The SMILES string of the molecule is CCCC(C)COc1ccc([C@H](CNC[C@H](C)N)NC(=O)[C@@H](C)c2ccccc2)cc1. The quantitative estimate of drug-likeness (QED) is 0.445. The Morgan fingerprint density at radius 3 is 2.26 bits per heavy atom. The van der Waals surface area contributed by atoms with E-state index in [0.29, 0.717) is 19.0 Å². The van der Waals surface area contributed by atoms with E-state index in [4.69, 9.17) is 10.5 Å². The van der Waals surface area contributed by atoms with E-state index in [1.54, 1.807) is 0 Å². The highest BCUT2D eigenvalue weighted by Gasteiger charge is 2.20. The first-order chi connectivity index (χ1) is 14.9. The molecule has 0 radical (unpaired) electrons. The molecule has 2 rings (SSSR count). The second-order valence-electron chi connectivity index (χ2n) is 8.60. The normalized spacial score (nSPS) is 15.0. The van der Waals surface area contributed by atoms with Gasteiger partial charge in [-0.3, -0.25) is 4.79 Å². The minimum atomic E-state index is -0.222. The second-order valence-corrected chi connectivity index (χ2v) is 8.60. The van der Waals surface area contributed by atoms with Crippen molar-refractivity contribution < 1.29 is 9.53 Å². The zero-order valence-corrected chi connectivity index (χ0v) is 19.4. The van der Waals surface area contributed by atoms with Gasteiger partial charge < -0.3 is 21.1 Å². The molecule has 31 heavy (non-hydrogen) atoms. The molecule has 0 saturated carbocycles. The highest BCUT2D eigenvalue weighted by Crippen LogP contribution is 2.21. The van der Waals surface area contributed by atoms with E-state index in [0.717, 1.165) is 29.9 Å². The molecule has 1 unspecified atom stereocenters. The number of ether oxygens (including phenoxy) is 1. The Kier molecular flexibility index (Phi) is 10.5. The Morgan fingerprint density at radius 2 is 1.65 bits per heavy atom. The van der Waals surface area contributed by atoms with E-state index in [9.17, 15) is 4.79 Å². The average Bonchev–Trinajstić information content (AvgIpc) is 2.77. The van der Waals surface area contributed by atoms with Gasteiger partial charge in [0, 0.05) is 19.1 Å². The summed E-state index contributed by atoms with van der Waals surface area (Å²) in [5.41, 5.74) is 7.92. The van der Waals surface area contributed by atoms with Crippen molar-refractivity contribution >= 4 is 5.91 Å². The summed E-state index contributed by atoms with van der Waals surface area (Å²) in [5, 5.41) is 6.57. The van der Waals surface area contributed by atoms with E-state index in [1.165, 1.54) is 6.42 Å². The Balaban J connectivity index is 2.05. The minimum absolute atomic E-state index is 0.00696. The highest BCUT2D eigenvalue weighted by molar-refractivity contribution is 5.83. The molecule has 5 heteroatoms. The highest BCUT2D eigenvalue weighted by atomic mass is 16.5. The lowest BCUT2D eigenvalue weighted by Gasteiger charge is -2.23. The first-order valence-corrected chi connectivity index (χ1v) is 11.4. The van der Waals surface area contributed by atoms with Gasteiger partial charge in [0.2, 0.25) is 5.91 Å². The largest absolute Gasteiger partial charge is 0.493 e. The number of hydrogen-bond donors (Lipinski definition) is 3. The molecule has 0 aromatic heterocycles. The van der Waals surface area contributed by atoms with Crippen molar-refractivity contribution in [1.29, 1.82) is 0 Å². The van der Waals surface area contributed by atoms with Gasteiger partial charge in [0.15, 0.2) is 0 Å². The van der Waals surface area contributed by atoms with Crippen LogP contribution in [0.3, 0.4) is 0 Å². The molecule has 4 N–H and O–H groups in total. The summed E-state index contributed by atoms with van der Waals surface area (Å²) in [7, 11) is 0. The van der Waals surface area contributed by atoms with Crippen LogP contribution in [0.15, 0.2) is 54.6 Å². The molecule has 0 heterocycles. The third-order valence-electron chi connectivity index (χ3n) is 5.42. The van der Waals surface area contributed by atoms with Crippen LogP contribution in [-0.2, 0) is 4.79 Å². The van der Waals surface area contributed by atoms with Gasteiger partial charge in [0.25, 0.3) is 0 Å². The van der Waals surface area contributed by atoms with Crippen LogP contribution in [0.4, 0.5) is 0 Å². The Hall–Kier alpha value is -2.37. The Bertz CT molecular complexity index is 762. The molecule has 0 bridgehead atoms. The Labute approximate surface area is 187 Å². The summed E-state index contributed by atoms with van der Waals surface area (Å²) >= 11 is 0. The fourth-order valence-corrected chi connectivity index (χ4v) is 3.51. The second kappa shape index (κ2) is 13.1. The lowest BCUT2D eigenvalue weighted by molar-refractivity contribution is -0.123. The van der Waals surface area contributed by atoms with Crippen LogP contribution in [0.1, 0.15) is 63.6 Å². The zero-order chi connectivity index (χ0) is 22.6. The fraction of sp³-hybridized carbons (Fsp3) is 0.500. The number of carbonyl (C=O) groups is 1. The predicted molar refractivity (Wildman–Crippen MR) is 128 cm³/mol. The van der Waals surface area contributed by atoms with Crippen LogP contribution in [0, 0.1) is 5.92 Å². The van der Waals surface area contributed by atoms with Gasteiger partial charge in [0.05, 0.1) is 18.6 Å². The van der Waals surface area contributed by atoms with Crippen molar-refractivity contribution in [3.63, 3.8) is 0 Å². The van der Waals surface area contributed by atoms with Gasteiger partial charge >= 0.3 is 0 Å². The average molecular weight is 426 g/mol. The van der Waals surface area contributed by atoms with Crippen molar-refractivity contribution in [3.8, 4) is 5.75 Å². The maximum atomic E-state index is 12.9. The molecule has 2 aromatic carbocycles. The van der Waals surface area contributed by atoms with E-state index in [1.807, 2.05) is 68.4 Å². The minimum Gasteiger partial charge on any atom is -0.493 e. The number of nitrogens with two attached hydrogens (primary N) is 1. The molecule has 5 nitrogen and oxygen atoms in total. The van der Waals surface area contributed by atoms with Gasteiger partial charge in [-0.05, 0) is 49.4 Å². The number of hydrogen-bond acceptors (Lipinski definition) is 4. The predicted octanol–water partition coefficient (Wildman–Crippen LogP) is 4.40. The van der Waals surface area contributed by atoms with E-state index in [-0.39, 0.29) is 23.9 Å². The molecule has 0 fully saturated rings. The summed E-state index contributed by atoms with van der Waals surface area (Å²) < 4.78 is 5.93.